The Morgan fingerprint density at radius 3 is 2.21 bits per heavy atom. The highest BCUT2D eigenvalue weighted by Gasteiger charge is 2.55. The van der Waals surface area contributed by atoms with Crippen LogP contribution in [0.25, 0.3) is 0 Å². The zero-order valence-corrected chi connectivity index (χ0v) is 9.10. The summed E-state index contributed by atoms with van der Waals surface area (Å²) in [5.74, 6) is 0.672. The number of fused-ring (bicyclic) bond motifs is 2. The standard InChI is InChI=1S/C13H22O/c14-13-9-3-5-11(13)12(8-4-10-13)6-1-2-7-12/h11,14H,1-10H2/t11-,13?/m1/s1. The van der Waals surface area contributed by atoms with E-state index in [1.54, 1.807) is 0 Å². The molecule has 1 nitrogen and oxygen atoms in total. The van der Waals surface area contributed by atoms with Crippen molar-refractivity contribution in [2.75, 3.05) is 0 Å². The number of hydrogen-bond donors (Lipinski definition) is 1. The largest absolute Gasteiger partial charge is 0.390 e. The van der Waals surface area contributed by atoms with E-state index in [9.17, 15) is 5.11 Å². The van der Waals surface area contributed by atoms with Crippen LogP contribution in [0.4, 0.5) is 0 Å². The summed E-state index contributed by atoms with van der Waals surface area (Å²) in [4.78, 5) is 0. The summed E-state index contributed by atoms with van der Waals surface area (Å²) in [7, 11) is 0. The quantitative estimate of drug-likeness (QED) is 0.627. The van der Waals surface area contributed by atoms with E-state index >= 15 is 0 Å². The minimum atomic E-state index is -0.234. The van der Waals surface area contributed by atoms with Gasteiger partial charge in [0.1, 0.15) is 0 Å². The van der Waals surface area contributed by atoms with Gasteiger partial charge < -0.3 is 5.11 Å². The molecule has 14 heavy (non-hydrogen) atoms. The van der Waals surface area contributed by atoms with Crippen molar-refractivity contribution in [1.29, 1.82) is 0 Å². The molecule has 3 fully saturated rings. The molecule has 80 valence electrons. The summed E-state index contributed by atoms with van der Waals surface area (Å²) in [6, 6.07) is 0. The summed E-state index contributed by atoms with van der Waals surface area (Å²) < 4.78 is 0. The topological polar surface area (TPSA) is 20.2 Å². The van der Waals surface area contributed by atoms with E-state index in [-0.39, 0.29) is 5.60 Å². The van der Waals surface area contributed by atoms with E-state index in [2.05, 4.69) is 0 Å². The Morgan fingerprint density at radius 2 is 1.43 bits per heavy atom. The first-order valence-corrected chi connectivity index (χ1v) is 6.48. The summed E-state index contributed by atoms with van der Waals surface area (Å²) in [5.41, 5.74) is 0.353. The third-order valence-corrected chi connectivity index (χ3v) is 5.37. The number of rotatable bonds is 0. The molecule has 0 radical (unpaired) electrons. The van der Waals surface area contributed by atoms with E-state index in [1.165, 1.54) is 51.4 Å². The molecule has 3 rings (SSSR count). The lowest BCUT2D eigenvalue weighted by molar-refractivity contribution is -0.0916. The Balaban J connectivity index is 1.91. The van der Waals surface area contributed by atoms with Gasteiger partial charge in [0.05, 0.1) is 5.60 Å². The van der Waals surface area contributed by atoms with Gasteiger partial charge in [0, 0.05) is 0 Å². The second-order valence-corrected chi connectivity index (χ2v) is 5.97. The Labute approximate surface area is 86.9 Å². The Kier molecular flexibility index (Phi) is 1.96. The lowest BCUT2D eigenvalue weighted by Gasteiger charge is -2.48. The average molecular weight is 194 g/mol. The van der Waals surface area contributed by atoms with E-state index in [1.807, 2.05) is 0 Å². The summed E-state index contributed by atoms with van der Waals surface area (Å²) in [6.07, 6.45) is 13.2. The molecular weight excluding hydrogens is 172 g/mol. The van der Waals surface area contributed by atoms with Crippen molar-refractivity contribution >= 4 is 0 Å². The van der Waals surface area contributed by atoms with Crippen LogP contribution in [0.2, 0.25) is 0 Å². The summed E-state index contributed by atoms with van der Waals surface area (Å²) in [5, 5.41) is 10.6. The molecule has 0 aliphatic heterocycles. The third kappa shape index (κ3) is 1.11. The molecule has 3 saturated carbocycles. The maximum absolute atomic E-state index is 10.6. The predicted molar refractivity (Wildman–Crippen MR) is 57.0 cm³/mol. The van der Waals surface area contributed by atoms with Crippen LogP contribution in [-0.2, 0) is 0 Å². The average Bonchev–Trinajstić information content (AvgIpc) is 2.73. The van der Waals surface area contributed by atoms with Crippen LogP contribution >= 0.6 is 0 Å². The number of hydrogen-bond acceptors (Lipinski definition) is 1. The fourth-order valence-corrected chi connectivity index (χ4v) is 4.83. The number of aliphatic hydroxyl groups is 1. The van der Waals surface area contributed by atoms with E-state index in [4.69, 9.17) is 0 Å². The lowest BCUT2D eigenvalue weighted by Crippen LogP contribution is -2.46. The van der Waals surface area contributed by atoms with Gasteiger partial charge >= 0.3 is 0 Å². The van der Waals surface area contributed by atoms with Crippen molar-refractivity contribution < 1.29 is 5.11 Å². The van der Waals surface area contributed by atoms with Crippen LogP contribution in [0.3, 0.4) is 0 Å². The van der Waals surface area contributed by atoms with Gasteiger partial charge in [0.15, 0.2) is 0 Å². The molecule has 1 spiro atoms. The van der Waals surface area contributed by atoms with Gasteiger partial charge in [-0.3, -0.25) is 0 Å². The van der Waals surface area contributed by atoms with Crippen LogP contribution in [0, 0.1) is 11.3 Å². The van der Waals surface area contributed by atoms with Crippen LogP contribution < -0.4 is 0 Å². The highest BCUT2D eigenvalue weighted by Crippen LogP contribution is 2.60. The molecule has 1 unspecified atom stereocenters. The maximum atomic E-state index is 10.6. The smallest absolute Gasteiger partial charge is 0.0681 e. The van der Waals surface area contributed by atoms with Gasteiger partial charge in [-0.15, -0.1) is 0 Å². The molecule has 0 saturated heterocycles. The minimum Gasteiger partial charge on any atom is -0.390 e. The van der Waals surface area contributed by atoms with Crippen molar-refractivity contribution in [3.05, 3.63) is 0 Å². The Hall–Kier alpha value is -0.0400. The predicted octanol–water partition coefficient (Wildman–Crippen LogP) is 3.26. The fraction of sp³-hybridized carbons (Fsp3) is 1.00. The molecule has 2 atom stereocenters. The SMILES string of the molecule is OC12CCC[C@@H]1C1(CCCC1)CCC2. The molecule has 1 heteroatoms. The molecule has 0 aromatic rings. The highest BCUT2D eigenvalue weighted by atomic mass is 16.3. The molecular formula is C13H22O. The minimum absolute atomic E-state index is 0.234. The Morgan fingerprint density at radius 1 is 0.786 bits per heavy atom. The first-order chi connectivity index (χ1) is 6.75. The van der Waals surface area contributed by atoms with Gasteiger partial charge in [0.2, 0.25) is 0 Å². The van der Waals surface area contributed by atoms with E-state index in [0.29, 0.717) is 11.3 Å². The molecule has 3 aliphatic rings. The first-order valence-electron chi connectivity index (χ1n) is 6.48. The molecule has 0 bridgehead atoms. The highest BCUT2D eigenvalue weighted by molar-refractivity contribution is 5.06. The first kappa shape index (κ1) is 9.21. The normalized spacial score (nSPS) is 45.6. The van der Waals surface area contributed by atoms with Crippen molar-refractivity contribution in [1.82, 2.24) is 0 Å². The summed E-state index contributed by atoms with van der Waals surface area (Å²) in [6.45, 7) is 0. The van der Waals surface area contributed by atoms with Crippen molar-refractivity contribution in [2.24, 2.45) is 11.3 Å². The van der Waals surface area contributed by atoms with Gasteiger partial charge in [-0.1, -0.05) is 25.7 Å². The molecule has 0 aromatic heterocycles. The van der Waals surface area contributed by atoms with E-state index in [0.717, 1.165) is 12.8 Å². The maximum Gasteiger partial charge on any atom is 0.0681 e. The molecule has 0 heterocycles. The van der Waals surface area contributed by atoms with Crippen molar-refractivity contribution in [3.63, 3.8) is 0 Å². The lowest BCUT2D eigenvalue weighted by atomic mass is 9.60. The van der Waals surface area contributed by atoms with Crippen LogP contribution in [0.5, 0.6) is 0 Å². The monoisotopic (exact) mass is 194 g/mol. The van der Waals surface area contributed by atoms with Crippen molar-refractivity contribution in [3.8, 4) is 0 Å². The second-order valence-electron chi connectivity index (χ2n) is 5.97. The summed E-state index contributed by atoms with van der Waals surface area (Å²) >= 11 is 0. The molecule has 0 amide bonds. The van der Waals surface area contributed by atoms with E-state index < -0.39 is 0 Å². The van der Waals surface area contributed by atoms with Gasteiger partial charge in [0.25, 0.3) is 0 Å². The second kappa shape index (κ2) is 2.98. The van der Waals surface area contributed by atoms with Gasteiger partial charge in [-0.2, -0.15) is 0 Å². The Bertz CT molecular complexity index is 229. The zero-order chi connectivity index (χ0) is 9.65. The van der Waals surface area contributed by atoms with Crippen LogP contribution in [-0.4, -0.2) is 10.7 Å². The van der Waals surface area contributed by atoms with Crippen LogP contribution in [0.15, 0.2) is 0 Å². The van der Waals surface area contributed by atoms with Gasteiger partial charge in [-0.25, -0.2) is 0 Å². The fourth-order valence-electron chi connectivity index (χ4n) is 4.83. The van der Waals surface area contributed by atoms with Crippen molar-refractivity contribution in [2.45, 2.75) is 69.8 Å². The zero-order valence-electron chi connectivity index (χ0n) is 9.10. The third-order valence-electron chi connectivity index (χ3n) is 5.37. The molecule has 0 aromatic carbocycles. The van der Waals surface area contributed by atoms with Crippen LogP contribution in [0.1, 0.15) is 64.2 Å². The molecule has 1 N–H and O–H groups in total. The molecule has 3 aliphatic carbocycles. The van der Waals surface area contributed by atoms with Gasteiger partial charge in [-0.05, 0) is 49.9 Å².